The zero-order valence-corrected chi connectivity index (χ0v) is 34.0. The van der Waals surface area contributed by atoms with Crippen LogP contribution in [0.25, 0.3) is 0 Å². The Balaban J connectivity index is 1.44. The number of hydrogen-bond donors (Lipinski definition) is 7. The van der Waals surface area contributed by atoms with Gasteiger partial charge in [0, 0.05) is 38.9 Å². The van der Waals surface area contributed by atoms with Gasteiger partial charge in [0.25, 0.3) is 11.8 Å². The number of aliphatic hydroxyl groups excluding tert-OH is 5. The number of ether oxygens (including phenoxy) is 5. The third-order valence-corrected chi connectivity index (χ3v) is 12.6. The smallest absolute Gasteiger partial charge is 0.295 e. The lowest BCUT2D eigenvalue weighted by molar-refractivity contribution is -0.338. The summed E-state index contributed by atoms with van der Waals surface area (Å²) >= 11 is 0. The van der Waals surface area contributed by atoms with Crippen molar-refractivity contribution in [3.63, 3.8) is 0 Å². The van der Waals surface area contributed by atoms with Gasteiger partial charge in [-0.15, -0.1) is 6.42 Å². The lowest BCUT2D eigenvalue weighted by Gasteiger charge is -2.49. The largest absolute Gasteiger partial charge is 0.394 e. The monoisotopic (exact) mass is 823 g/mol. The van der Waals surface area contributed by atoms with Crippen molar-refractivity contribution in [2.45, 2.75) is 177 Å². The Morgan fingerprint density at radius 2 is 1.64 bits per heavy atom. The first-order valence-electron chi connectivity index (χ1n) is 21.2. The Labute approximate surface area is 340 Å². The molecule has 3 heterocycles. The number of Topliss-reactive ketones (excluding diaryl/α,β-unsaturated/α-hetero) is 1. The molecule has 17 heteroatoms. The summed E-state index contributed by atoms with van der Waals surface area (Å²) in [6.07, 6.45) is -2.10. The highest BCUT2D eigenvalue weighted by atomic mass is 16.7. The predicted molar refractivity (Wildman–Crippen MR) is 205 cm³/mol. The van der Waals surface area contributed by atoms with Crippen molar-refractivity contribution in [3.05, 3.63) is 0 Å². The molecule has 58 heavy (non-hydrogen) atoms. The van der Waals surface area contributed by atoms with Crippen LogP contribution in [-0.2, 0) is 42.9 Å². The van der Waals surface area contributed by atoms with Crippen molar-refractivity contribution in [3.8, 4) is 12.3 Å². The molecule has 2 saturated carbocycles. The molecule has 3 aliphatic heterocycles. The van der Waals surface area contributed by atoms with Gasteiger partial charge in [0.1, 0.15) is 54.6 Å². The maximum atomic E-state index is 13.9. The van der Waals surface area contributed by atoms with E-state index in [-0.39, 0.29) is 42.9 Å². The third-order valence-electron chi connectivity index (χ3n) is 12.6. The molecule has 15 atom stereocenters. The number of nitrogens with one attached hydrogen (secondary N) is 2. The number of hydrogen-bond acceptors (Lipinski definition) is 14. The summed E-state index contributed by atoms with van der Waals surface area (Å²) in [6.45, 7) is 5.46. The highest BCUT2D eigenvalue weighted by Crippen LogP contribution is 2.40. The van der Waals surface area contributed by atoms with Crippen molar-refractivity contribution in [2.75, 3.05) is 26.2 Å². The maximum Gasteiger partial charge on any atom is 0.295 e. The van der Waals surface area contributed by atoms with Crippen LogP contribution in [0.5, 0.6) is 0 Å². The standard InChI is InChI=1S/C41H65N3O14/c1-5-25-19-26(27(47)14-10-15-42-31(48)6-2)20-28(37(25)58-41-36(52)35(51)33(49)22(3)54-41)56-40-32(43-23(4)46)38(34(50)30(21-45)57-40)55-29(39(53)44-16-11-17-44)18-24-12-8-7-9-13-24/h2,22,24-26,28-30,32-38,40-41,45,49-52H,5,7-21H2,1,3-4H3,(H,42,48)(H,43,46)/t22?,25?,26?,28-,29+,30+,32?,33-,34+,35+,36?,37-,38?,40-,41+/m1/s1. The highest BCUT2D eigenvalue weighted by Gasteiger charge is 2.53. The molecule has 0 aromatic rings. The Hall–Kier alpha value is -2.76. The maximum absolute atomic E-state index is 13.9. The van der Waals surface area contributed by atoms with E-state index in [0.717, 1.165) is 38.5 Å². The zero-order chi connectivity index (χ0) is 42.1. The van der Waals surface area contributed by atoms with E-state index in [9.17, 15) is 44.7 Å². The Bertz CT molecular complexity index is 1420. The van der Waals surface area contributed by atoms with Gasteiger partial charge in [-0.3, -0.25) is 19.2 Å². The first-order valence-corrected chi connectivity index (χ1v) is 21.2. The van der Waals surface area contributed by atoms with Crippen molar-refractivity contribution < 1.29 is 68.4 Å². The molecule has 3 saturated heterocycles. The first-order chi connectivity index (χ1) is 27.8. The van der Waals surface area contributed by atoms with Gasteiger partial charge >= 0.3 is 0 Å². The van der Waals surface area contributed by atoms with Gasteiger partial charge in [-0.05, 0) is 56.8 Å². The summed E-state index contributed by atoms with van der Waals surface area (Å²) in [5.74, 6) is -0.0883. The lowest BCUT2D eigenvalue weighted by Crippen LogP contribution is -2.67. The van der Waals surface area contributed by atoms with Crippen LogP contribution < -0.4 is 10.6 Å². The average Bonchev–Trinajstić information content (AvgIpc) is 3.19. The van der Waals surface area contributed by atoms with E-state index in [1.54, 1.807) is 4.90 Å². The van der Waals surface area contributed by atoms with Crippen LogP contribution in [0.3, 0.4) is 0 Å². The van der Waals surface area contributed by atoms with Gasteiger partial charge in [0.05, 0.1) is 24.9 Å². The molecule has 5 aliphatic rings. The Morgan fingerprint density at radius 3 is 2.26 bits per heavy atom. The number of terminal acetylenes is 1. The van der Waals surface area contributed by atoms with Crippen LogP contribution in [-0.4, -0.2) is 160 Å². The molecule has 6 unspecified atom stereocenters. The van der Waals surface area contributed by atoms with Crippen LogP contribution >= 0.6 is 0 Å². The van der Waals surface area contributed by atoms with Gasteiger partial charge in [-0.2, -0.15) is 0 Å². The molecule has 0 bridgehead atoms. The van der Waals surface area contributed by atoms with Crippen LogP contribution in [0, 0.1) is 30.1 Å². The number of nitrogens with zero attached hydrogens (tertiary/aromatic N) is 1. The molecule has 5 fully saturated rings. The van der Waals surface area contributed by atoms with E-state index in [1.165, 1.54) is 13.8 Å². The second-order valence-corrected chi connectivity index (χ2v) is 16.7. The van der Waals surface area contributed by atoms with Crippen molar-refractivity contribution >= 4 is 23.5 Å². The molecular formula is C41H65N3O14. The van der Waals surface area contributed by atoms with Gasteiger partial charge < -0.3 is 64.8 Å². The zero-order valence-electron chi connectivity index (χ0n) is 34.0. The molecule has 0 radical (unpaired) electrons. The lowest BCUT2D eigenvalue weighted by atomic mass is 9.74. The van der Waals surface area contributed by atoms with E-state index in [4.69, 9.17) is 30.1 Å². The number of rotatable bonds is 17. The second kappa shape index (κ2) is 21.7. The van der Waals surface area contributed by atoms with Crippen molar-refractivity contribution in [2.24, 2.45) is 17.8 Å². The van der Waals surface area contributed by atoms with E-state index >= 15 is 0 Å². The fourth-order valence-corrected chi connectivity index (χ4v) is 9.08. The topological polar surface area (TPSA) is 243 Å². The van der Waals surface area contributed by atoms with E-state index in [0.29, 0.717) is 38.8 Å². The summed E-state index contributed by atoms with van der Waals surface area (Å²) < 4.78 is 31.8. The molecule has 0 aromatic carbocycles. The fraction of sp³-hybridized carbons (Fsp3) is 0.854. The number of carbonyl (C=O) groups is 4. The molecule has 328 valence electrons. The third kappa shape index (κ3) is 11.5. The summed E-state index contributed by atoms with van der Waals surface area (Å²) in [5, 5.41) is 59.4. The molecular weight excluding hydrogens is 758 g/mol. The average molecular weight is 824 g/mol. The Morgan fingerprint density at radius 1 is 0.914 bits per heavy atom. The molecule has 2 aliphatic carbocycles. The van der Waals surface area contributed by atoms with Crippen molar-refractivity contribution in [1.82, 2.24) is 15.5 Å². The minimum atomic E-state index is -1.63. The van der Waals surface area contributed by atoms with Gasteiger partial charge in [0.15, 0.2) is 12.6 Å². The van der Waals surface area contributed by atoms with E-state index in [1.807, 2.05) is 12.8 Å². The Kier molecular flexibility index (Phi) is 17.3. The van der Waals surface area contributed by atoms with Gasteiger partial charge in [-0.1, -0.05) is 45.4 Å². The first kappa shape index (κ1) is 46.3. The number of amides is 3. The summed E-state index contributed by atoms with van der Waals surface area (Å²) in [6, 6.07) is -1.20. The number of likely N-dealkylation sites (tertiary alicyclic amines) is 1. The molecule has 3 amide bonds. The second-order valence-electron chi connectivity index (χ2n) is 16.7. The summed E-state index contributed by atoms with van der Waals surface area (Å²) in [7, 11) is 0. The van der Waals surface area contributed by atoms with Crippen LogP contribution in [0.4, 0.5) is 0 Å². The highest BCUT2D eigenvalue weighted by molar-refractivity contribution is 5.92. The summed E-state index contributed by atoms with van der Waals surface area (Å²) in [5.41, 5.74) is 0. The van der Waals surface area contributed by atoms with E-state index in [2.05, 4.69) is 10.6 Å². The quantitative estimate of drug-likeness (QED) is 0.0734. The van der Waals surface area contributed by atoms with Crippen LogP contribution in [0.15, 0.2) is 0 Å². The molecule has 5 rings (SSSR count). The summed E-state index contributed by atoms with van der Waals surface area (Å²) in [4.78, 5) is 53.7. The van der Waals surface area contributed by atoms with Crippen molar-refractivity contribution in [1.29, 1.82) is 0 Å². The van der Waals surface area contributed by atoms with Crippen LogP contribution in [0.1, 0.15) is 97.8 Å². The number of ketones is 1. The SMILES string of the molecule is C#CC(=O)NCCCC(=O)C1CC(CC)[C@@H](O[C@@H]2OC(C)[C@@H](O)[C@H](O)C2O)[C@H](O[C@@H]2O[C@@H](CO)[C@H](O)C(O[C@@H](CC3CCCCC3)C(=O)N3CCC3)C2NC(C)=O)C1. The minimum Gasteiger partial charge on any atom is -0.394 e. The van der Waals surface area contributed by atoms with Crippen LogP contribution in [0.2, 0.25) is 0 Å². The predicted octanol–water partition coefficient (Wildman–Crippen LogP) is -0.341. The van der Waals surface area contributed by atoms with Gasteiger partial charge in [-0.25, -0.2) is 0 Å². The fourth-order valence-electron chi connectivity index (χ4n) is 9.08. The molecule has 7 N–H and O–H groups in total. The molecule has 0 spiro atoms. The number of carbonyl (C=O) groups excluding carboxylic acids is 4. The number of aliphatic hydroxyl groups is 5. The minimum absolute atomic E-state index is 0.0858. The molecule has 0 aromatic heterocycles. The van der Waals surface area contributed by atoms with E-state index < -0.39 is 104 Å². The molecule has 17 nitrogen and oxygen atoms in total. The van der Waals surface area contributed by atoms with Gasteiger partial charge in [0.2, 0.25) is 5.91 Å². The normalized spacial score (nSPS) is 37.5.